The molecule has 160 valence electrons. The largest absolute Gasteiger partial charge is 0.419 e. The molecule has 0 heterocycles. The Bertz CT molecular complexity index is 955. The third kappa shape index (κ3) is 5.84. The van der Waals surface area contributed by atoms with E-state index in [2.05, 4.69) is 31.2 Å². The third-order valence-electron chi connectivity index (χ3n) is 5.62. The van der Waals surface area contributed by atoms with Gasteiger partial charge in [-0.1, -0.05) is 81.1 Å². The van der Waals surface area contributed by atoms with E-state index in [1.54, 1.807) is 12.1 Å². The van der Waals surface area contributed by atoms with Crippen molar-refractivity contribution in [3.8, 4) is 0 Å². The summed E-state index contributed by atoms with van der Waals surface area (Å²) < 4.78 is 52.8. The van der Waals surface area contributed by atoms with Crippen LogP contribution in [0.2, 0.25) is 0 Å². The van der Waals surface area contributed by atoms with Gasteiger partial charge in [0.05, 0.1) is 5.56 Å². The first-order chi connectivity index (χ1) is 14.4. The maximum atomic E-state index is 14.2. The second kappa shape index (κ2) is 10.1. The number of benzene rings is 3. The average Bonchev–Trinajstić information content (AvgIpc) is 2.72. The van der Waals surface area contributed by atoms with Crippen LogP contribution < -0.4 is 0 Å². The van der Waals surface area contributed by atoms with Crippen molar-refractivity contribution in [1.82, 2.24) is 0 Å². The molecule has 0 unspecified atom stereocenters. The Morgan fingerprint density at radius 2 is 1.27 bits per heavy atom. The average molecular weight is 417 g/mol. The van der Waals surface area contributed by atoms with Crippen LogP contribution in [0.15, 0.2) is 54.6 Å². The van der Waals surface area contributed by atoms with E-state index in [1.165, 1.54) is 55.4 Å². The van der Waals surface area contributed by atoms with Crippen molar-refractivity contribution < 1.29 is 17.6 Å². The quantitative estimate of drug-likeness (QED) is 0.243. The van der Waals surface area contributed by atoms with Gasteiger partial charge in [-0.3, -0.25) is 0 Å². The zero-order valence-corrected chi connectivity index (χ0v) is 17.4. The molecule has 0 saturated heterocycles. The van der Waals surface area contributed by atoms with Crippen LogP contribution in [-0.2, 0) is 25.4 Å². The Hall–Kier alpha value is -2.36. The number of fused-ring (bicyclic) bond motifs is 1. The van der Waals surface area contributed by atoms with Gasteiger partial charge in [0, 0.05) is 5.39 Å². The molecule has 0 amide bonds. The van der Waals surface area contributed by atoms with E-state index in [9.17, 15) is 17.6 Å². The van der Waals surface area contributed by atoms with Crippen LogP contribution in [0, 0.1) is 5.82 Å². The summed E-state index contributed by atoms with van der Waals surface area (Å²) in [5.41, 5.74) is 2.36. The summed E-state index contributed by atoms with van der Waals surface area (Å²) in [5.74, 6) is -1.20. The van der Waals surface area contributed by atoms with Crippen molar-refractivity contribution >= 4 is 10.8 Å². The van der Waals surface area contributed by atoms with E-state index in [0.717, 1.165) is 30.9 Å². The molecule has 3 aromatic carbocycles. The van der Waals surface area contributed by atoms with Gasteiger partial charge >= 0.3 is 6.18 Å². The first-order valence-corrected chi connectivity index (χ1v) is 10.7. The van der Waals surface area contributed by atoms with E-state index in [0.29, 0.717) is 5.39 Å². The monoisotopic (exact) mass is 416 g/mol. The van der Waals surface area contributed by atoms with Crippen LogP contribution in [0.4, 0.5) is 17.6 Å². The molecule has 30 heavy (non-hydrogen) atoms. The lowest BCUT2D eigenvalue weighted by Gasteiger charge is -2.11. The van der Waals surface area contributed by atoms with E-state index >= 15 is 0 Å². The van der Waals surface area contributed by atoms with Gasteiger partial charge in [-0.15, -0.1) is 0 Å². The van der Waals surface area contributed by atoms with Crippen LogP contribution in [0.5, 0.6) is 0 Å². The zero-order chi connectivity index (χ0) is 21.6. The Kier molecular flexibility index (Phi) is 7.52. The van der Waals surface area contributed by atoms with Crippen molar-refractivity contribution in [2.45, 2.75) is 64.5 Å². The highest BCUT2D eigenvalue weighted by atomic mass is 19.4. The lowest BCUT2D eigenvalue weighted by molar-refractivity contribution is -0.139. The van der Waals surface area contributed by atoms with Gasteiger partial charge in [0.2, 0.25) is 0 Å². The van der Waals surface area contributed by atoms with Gasteiger partial charge in [-0.05, 0) is 53.8 Å². The summed E-state index contributed by atoms with van der Waals surface area (Å²) in [5, 5.41) is 0.508. The van der Waals surface area contributed by atoms with Gasteiger partial charge < -0.3 is 0 Å². The van der Waals surface area contributed by atoms with Crippen LogP contribution in [0.3, 0.4) is 0 Å². The summed E-state index contributed by atoms with van der Waals surface area (Å²) in [6.45, 7) is 2.22. The fraction of sp³-hybridized carbons (Fsp3) is 0.385. The summed E-state index contributed by atoms with van der Waals surface area (Å²) in [6.07, 6.45) is 4.41. The predicted molar refractivity (Wildman–Crippen MR) is 115 cm³/mol. The lowest BCUT2D eigenvalue weighted by Crippen LogP contribution is -2.08. The van der Waals surface area contributed by atoms with Crippen LogP contribution in [0.25, 0.3) is 10.8 Å². The Morgan fingerprint density at radius 3 is 1.93 bits per heavy atom. The molecule has 0 aliphatic rings. The molecular weight excluding hydrogens is 388 g/mol. The van der Waals surface area contributed by atoms with Crippen LogP contribution in [-0.4, -0.2) is 0 Å². The van der Waals surface area contributed by atoms with Gasteiger partial charge in [-0.25, -0.2) is 4.39 Å². The van der Waals surface area contributed by atoms with E-state index in [1.807, 2.05) is 0 Å². The summed E-state index contributed by atoms with van der Waals surface area (Å²) in [7, 11) is 0. The number of aryl methyl sites for hydroxylation is 3. The first kappa shape index (κ1) is 22.3. The van der Waals surface area contributed by atoms with Crippen molar-refractivity contribution in [3.05, 3.63) is 82.7 Å². The number of unbranched alkanes of at least 4 members (excludes halogenated alkanes) is 4. The number of alkyl halides is 3. The highest BCUT2D eigenvalue weighted by Gasteiger charge is 2.34. The molecule has 0 nitrogen and oxygen atoms in total. The number of hydrogen-bond donors (Lipinski definition) is 0. The molecule has 0 saturated carbocycles. The molecule has 0 atom stereocenters. The normalized spacial score (nSPS) is 11.9. The molecule has 0 radical (unpaired) electrons. The summed E-state index contributed by atoms with van der Waals surface area (Å²) >= 11 is 0. The van der Waals surface area contributed by atoms with Gasteiger partial charge in [-0.2, -0.15) is 13.2 Å². The first-order valence-electron chi connectivity index (χ1n) is 10.7. The third-order valence-corrected chi connectivity index (χ3v) is 5.62. The molecule has 0 aliphatic heterocycles. The molecule has 0 fully saturated rings. The second-order valence-electron chi connectivity index (χ2n) is 7.96. The van der Waals surface area contributed by atoms with Crippen LogP contribution in [0.1, 0.15) is 61.3 Å². The van der Waals surface area contributed by atoms with E-state index in [4.69, 9.17) is 0 Å². The van der Waals surface area contributed by atoms with Gasteiger partial charge in [0.15, 0.2) is 0 Å². The highest BCUT2D eigenvalue weighted by Crippen LogP contribution is 2.34. The highest BCUT2D eigenvalue weighted by molar-refractivity contribution is 5.84. The minimum atomic E-state index is -4.68. The van der Waals surface area contributed by atoms with Crippen molar-refractivity contribution in [2.75, 3.05) is 0 Å². The summed E-state index contributed by atoms with van der Waals surface area (Å²) in [4.78, 5) is 0. The molecule has 4 heteroatoms. The molecule has 0 aliphatic carbocycles. The standard InChI is InChI=1S/C26H28F4/c1-2-3-4-5-6-7-19-8-10-20(11-9-19)12-13-21-14-16-23-22(18-21)15-17-24(25(23)27)26(28,29)30/h8-11,14-18H,2-7,12-13H2,1H3. The molecule has 0 aromatic heterocycles. The number of rotatable bonds is 9. The molecule has 0 spiro atoms. The minimum Gasteiger partial charge on any atom is -0.206 e. The Morgan fingerprint density at radius 1 is 0.667 bits per heavy atom. The maximum Gasteiger partial charge on any atom is 0.419 e. The van der Waals surface area contributed by atoms with E-state index in [-0.39, 0.29) is 5.39 Å². The number of halogens is 4. The molecule has 0 bridgehead atoms. The van der Waals surface area contributed by atoms with Crippen molar-refractivity contribution in [1.29, 1.82) is 0 Å². The fourth-order valence-corrected chi connectivity index (χ4v) is 3.81. The Labute approximate surface area is 175 Å². The fourth-order valence-electron chi connectivity index (χ4n) is 3.81. The second-order valence-corrected chi connectivity index (χ2v) is 7.96. The van der Waals surface area contributed by atoms with Crippen molar-refractivity contribution in [2.24, 2.45) is 0 Å². The lowest BCUT2D eigenvalue weighted by atomic mass is 9.98. The molecular formula is C26H28F4. The SMILES string of the molecule is CCCCCCCc1ccc(CCc2ccc3c(F)c(C(F)(F)F)ccc3c2)cc1. The topological polar surface area (TPSA) is 0 Å². The van der Waals surface area contributed by atoms with E-state index < -0.39 is 17.6 Å². The number of hydrogen-bond acceptors (Lipinski definition) is 0. The Balaban J connectivity index is 1.59. The zero-order valence-electron chi connectivity index (χ0n) is 17.4. The molecule has 0 N–H and O–H groups in total. The van der Waals surface area contributed by atoms with Gasteiger partial charge in [0.1, 0.15) is 5.82 Å². The maximum absolute atomic E-state index is 14.2. The summed E-state index contributed by atoms with van der Waals surface area (Å²) in [6, 6.07) is 15.8. The minimum absolute atomic E-state index is 0.0110. The van der Waals surface area contributed by atoms with Crippen LogP contribution >= 0.6 is 0 Å². The smallest absolute Gasteiger partial charge is 0.206 e. The molecule has 3 aromatic rings. The molecule has 3 rings (SSSR count). The van der Waals surface area contributed by atoms with Gasteiger partial charge in [0.25, 0.3) is 0 Å². The predicted octanol–water partition coefficient (Wildman–Crippen LogP) is 8.30. The van der Waals surface area contributed by atoms with Crippen molar-refractivity contribution in [3.63, 3.8) is 0 Å².